The van der Waals surface area contributed by atoms with E-state index >= 15 is 0 Å². The number of nitrogen functional groups attached to an aromatic ring is 1. The lowest BCUT2D eigenvalue weighted by Gasteiger charge is -2.30. The lowest BCUT2D eigenvalue weighted by Crippen LogP contribution is -2.52. The first-order valence-electron chi connectivity index (χ1n) is 5.79. The number of nitrogens with two attached hydrogens (primary N) is 1. The number of hydrogen-bond acceptors (Lipinski definition) is 5. The summed E-state index contributed by atoms with van der Waals surface area (Å²) in [5, 5.41) is 6.26. The minimum atomic E-state index is -0.254. The third kappa shape index (κ3) is 2.71. The van der Waals surface area contributed by atoms with Gasteiger partial charge < -0.3 is 16.4 Å². The molecule has 2 rings (SSSR count). The van der Waals surface area contributed by atoms with Gasteiger partial charge in [-0.1, -0.05) is 0 Å². The van der Waals surface area contributed by atoms with Crippen molar-refractivity contribution in [2.45, 2.75) is 31.8 Å². The maximum absolute atomic E-state index is 12.0. The highest BCUT2D eigenvalue weighted by Crippen LogP contribution is 2.10. The molecule has 0 bridgehead atoms. The van der Waals surface area contributed by atoms with Crippen molar-refractivity contribution in [2.24, 2.45) is 0 Å². The highest BCUT2D eigenvalue weighted by molar-refractivity contribution is 5.96. The van der Waals surface area contributed by atoms with E-state index in [0.29, 0.717) is 0 Å². The molecular formula is C11H17N5O. The molecule has 17 heavy (non-hydrogen) atoms. The molecule has 2 unspecified atom stereocenters. The first kappa shape index (κ1) is 11.8. The fourth-order valence-corrected chi connectivity index (χ4v) is 2.00. The molecule has 0 saturated carbocycles. The van der Waals surface area contributed by atoms with E-state index in [0.717, 1.165) is 19.4 Å². The maximum atomic E-state index is 12.0. The number of nitrogens with one attached hydrogen (secondary N) is 2. The summed E-state index contributed by atoms with van der Waals surface area (Å²) in [6.07, 6.45) is 4.97. The molecular weight excluding hydrogens is 218 g/mol. The summed E-state index contributed by atoms with van der Waals surface area (Å²) in [5.74, 6) is -0.0856. The van der Waals surface area contributed by atoms with Crippen molar-refractivity contribution in [3.05, 3.63) is 18.1 Å². The molecule has 1 fully saturated rings. The van der Waals surface area contributed by atoms with Crippen LogP contribution in [0.1, 0.15) is 30.3 Å². The number of amides is 1. The van der Waals surface area contributed by atoms with Crippen LogP contribution in [0.5, 0.6) is 0 Å². The Morgan fingerprint density at radius 3 is 3.00 bits per heavy atom. The van der Waals surface area contributed by atoms with E-state index in [9.17, 15) is 4.79 Å². The number of piperidine rings is 1. The SMILES string of the molecule is CC1NCCCC1NC(=O)c1nccnc1N. The molecule has 92 valence electrons. The van der Waals surface area contributed by atoms with Crippen LogP contribution in [0.2, 0.25) is 0 Å². The van der Waals surface area contributed by atoms with Crippen LogP contribution in [0.3, 0.4) is 0 Å². The van der Waals surface area contributed by atoms with E-state index in [-0.39, 0.29) is 29.5 Å². The minimum absolute atomic E-state index is 0.123. The average Bonchev–Trinajstić information content (AvgIpc) is 2.32. The maximum Gasteiger partial charge on any atom is 0.273 e. The number of anilines is 1. The molecule has 1 aromatic rings. The van der Waals surface area contributed by atoms with Crippen molar-refractivity contribution < 1.29 is 4.79 Å². The molecule has 1 amide bonds. The van der Waals surface area contributed by atoms with Crippen LogP contribution in [0.4, 0.5) is 5.82 Å². The van der Waals surface area contributed by atoms with E-state index < -0.39 is 0 Å². The fourth-order valence-electron chi connectivity index (χ4n) is 2.00. The number of aromatic nitrogens is 2. The molecule has 2 atom stereocenters. The number of carbonyl (C=O) groups excluding carboxylic acids is 1. The molecule has 2 heterocycles. The van der Waals surface area contributed by atoms with Crippen molar-refractivity contribution in [1.82, 2.24) is 20.6 Å². The highest BCUT2D eigenvalue weighted by atomic mass is 16.2. The Hall–Kier alpha value is -1.69. The van der Waals surface area contributed by atoms with Gasteiger partial charge in [-0.2, -0.15) is 0 Å². The minimum Gasteiger partial charge on any atom is -0.382 e. The van der Waals surface area contributed by atoms with Gasteiger partial charge in [-0.05, 0) is 26.3 Å². The van der Waals surface area contributed by atoms with Gasteiger partial charge in [-0.25, -0.2) is 9.97 Å². The summed E-state index contributed by atoms with van der Waals surface area (Å²) in [6.45, 7) is 3.06. The summed E-state index contributed by atoms with van der Waals surface area (Å²) in [7, 11) is 0. The summed E-state index contributed by atoms with van der Waals surface area (Å²) >= 11 is 0. The Kier molecular flexibility index (Phi) is 3.53. The number of carbonyl (C=O) groups is 1. The van der Waals surface area contributed by atoms with Crippen LogP contribution < -0.4 is 16.4 Å². The zero-order valence-corrected chi connectivity index (χ0v) is 9.81. The molecule has 6 nitrogen and oxygen atoms in total. The van der Waals surface area contributed by atoms with E-state index in [4.69, 9.17) is 5.73 Å². The smallest absolute Gasteiger partial charge is 0.273 e. The van der Waals surface area contributed by atoms with Gasteiger partial charge in [0, 0.05) is 24.5 Å². The second-order valence-electron chi connectivity index (χ2n) is 4.26. The van der Waals surface area contributed by atoms with Crippen LogP contribution in [-0.4, -0.2) is 34.5 Å². The van der Waals surface area contributed by atoms with Crippen LogP contribution in [0.25, 0.3) is 0 Å². The van der Waals surface area contributed by atoms with E-state index in [1.807, 2.05) is 0 Å². The van der Waals surface area contributed by atoms with Gasteiger partial charge in [-0.15, -0.1) is 0 Å². The summed E-state index contributed by atoms with van der Waals surface area (Å²) in [6, 6.07) is 0.392. The standard InChI is InChI=1S/C11H17N5O/c1-7-8(3-2-4-13-7)16-11(17)9-10(12)15-6-5-14-9/h5-8,13H,2-4H2,1H3,(H2,12,15)(H,16,17). The van der Waals surface area contributed by atoms with E-state index in [1.165, 1.54) is 12.4 Å². The van der Waals surface area contributed by atoms with Crippen LogP contribution in [0.15, 0.2) is 12.4 Å². The molecule has 6 heteroatoms. The first-order chi connectivity index (χ1) is 8.18. The fraction of sp³-hybridized carbons (Fsp3) is 0.545. The lowest BCUT2D eigenvalue weighted by molar-refractivity contribution is 0.0915. The van der Waals surface area contributed by atoms with Crippen LogP contribution in [-0.2, 0) is 0 Å². The second-order valence-corrected chi connectivity index (χ2v) is 4.26. The Labute approximate surface area is 100 Å². The third-order valence-corrected chi connectivity index (χ3v) is 3.02. The normalized spacial score (nSPS) is 24.3. The van der Waals surface area contributed by atoms with Crippen molar-refractivity contribution in [3.63, 3.8) is 0 Å². The summed E-state index contributed by atoms with van der Waals surface area (Å²) in [4.78, 5) is 19.8. The topological polar surface area (TPSA) is 92.9 Å². The molecule has 1 aliphatic rings. The Morgan fingerprint density at radius 1 is 1.53 bits per heavy atom. The van der Waals surface area contributed by atoms with Crippen molar-refractivity contribution in [1.29, 1.82) is 0 Å². The number of rotatable bonds is 2. The van der Waals surface area contributed by atoms with Gasteiger partial charge in [0.2, 0.25) is 0 Å². The molecule has 0 aliphatic carbocycles. The third-order valence-electron chi connectivity index (χ3n) is 3.02. The second kappa shape index (κ2) is 5.09. The predicted molar refractivity (Wildman–Crippen MR) is 64.4 cm³/mol. The van der Waals surface area contributed by atoms with Crippen molar-refractivity contribution in [3.8, 4) is 0 Å². The number of hydrogen-bond donors (Lipinski definition) is 3. The van der Waals surface area contributed by atoms with E-state index in [1.54, 1.807) is 0 Å². The van der Waals surface area contributed by atoms with Crippen molar-refractivity contribution >= 4 is 11.7 Å². The van der Waals surface area contributed by atoms with Gasteiger partial charge >= 0.3 is 0 Å². The van der Waals surface area contributed by atoms with Crippen LogP contribution in [0, 0.1) is 0 Å². The zero-order chi connectivity index (χ0) is 12.3. The van der Waals surface area contributed by atoms with E-state index in [2.05, 4.69) is 27.5 Å². The zero-order valence-electron chi connectivity index (χ0n) is 9.81. The molecule has 1 aromatic heterocycles. The van der Waals surface area contributed by atoms with Crippen molar-refractivity contribution in [2.75, 3.05) is 12.3 Å². The molecule has 0 spiro atoms. The monoisotopic (exact) mass is 235 g/mol. The summed E-state index contributed by atoms with van der Waals surface area (Å²) < 4.78 is 0. The Morgan fingerprint density at radius 2 is 2.29 bits per heavy atom. The molecule has 1 saturated heterocycles. The van der Waals surface area contributed by atoms with Gasteiger partial charge in [0.15, 0.2) is 11.5 Å². The molecule has 1 aliphatic heterocycles. The van der Waals surface area contributed by atoms with Gasteiger partial charge in [-0.3, -0.25) is 4.79 Å². The quantitative estimate of drug-likeness (QED) is 0.667. The molecule has 0 radical (unpaired) electrons. The van der Waals surface area contributed by atoms with Gasteiger partial charge in [0.05, 0.1) is 0 Å². The summed E-state index contributed by atoms with van der Waals surface area (Å²) in [5.41, 5.74) is 5.81. The highest BCUT2D eigenvalue weighted by Gasteiger charge is 2.24. The molecule has 0 aromatic carbocycles. The first-order valence-corrected chi connectivity index (χ1v) is 5.79. The van der Waals surface area contributed by atoms with Crippen LogP contribution >= 0.6 is 0 Å². The van der Waals surface area contributed by atoms with Gasteiger partial charge in [0.1, 0.15) is 0 Å². The average molecular weight is 235 g/mol. The Bertz CT molecular complexity index is 409. The number of nitrogens with zero attached hydrogens (tertiary/aromatic N) is 2. The lowest BCUT2D eigenvalue weighted by atomic mass is 10.00. The molecule has 4 N–H and O–H groups in total. The largest absolute Gasteiger partial charge is 0.382 e. The predicted octanol–water partition coefficient (Wildman–Crippen LogP) is -0.0709. The Balaban J connectivity index is 2.04. The van der Waals surface area contributed by atoms with Gasteiger partial charge in [0.25, 0.3) is 5.91 Å².